The smallest absolute Gasteiger partial charge is 0.220 e. The summed E-state index contributed by atoms with van der Waals surface area (Å²) < 4.78 is 5.34. The van der Waals surface area contributed by atoms with Gasteiger partial charge < -0.3 is 10.1 Å². The van der Waals surface area contributed by atoms with Gasteiger partial charge in [-0.3, -0.25) is 9.69 Å². The number of hydrogen-bond donors (Lipinski definition) is 1. The van der Waals surface area contributed by atoms with E-state index in [1.54, 1.807) is 0 Å². The molecular weight excluding hydrogens is 216 g/mol. The van der Waals surface area contributed by atoms with Gasteiger partial charge >= 0.3 is 0 Å². The van der Waals surface area contributed by atoms with Crippen LogP contribution in [-0.2, 0) is 9.53 Å². The summed E-state index contributed by atoms with van der Waals surface area (Å²) in [7, 11) is 0. The van der Waals surface area contributed by atoms with Crippen molar-refractivity contribution in [2.45, 2.75) is 45.6 Å². The molecule has 1 saturated heterocycles. The van der Waals surface area contributed by atoms with Gasteiger partial charge in [-0.15, -0.1) is 0 Å². The van der Waals surface area contributed by atoms with Gasteiger partial charge in [0.05, 0.1) is 13.2 Å². The number of amides is 1. The fourth-order valence-corrected chi connectivity index (χ4v) is 2.02. The quantitative estimate of drug-likeness (QED) is 0.765. The van der Waals surface area contributed by atoms with Crippen molar-refractivity contribution in [3.05, 3.63) is 0 Å². The molecule has 1 amide bonds. The van der Waals surface area contributed by atoms with E-state index in [0.29, 0.717) is 6.42 Å². The first-order valence-corrected chi connectivity index (χ1v) is 6.66. The van der Waals surface area contributed by atoms with E-state index in [1.165, 1.54) is 0 Å². The molecule has 4 nitrogen and oxygen atoms in total. The molecule has 1 N–H and O–H groups in total. The highest BCUT2D eigenvalue weighted by molar-refractivity contribution is 5.75. The lowest BCUT2D eigenvalue weighted by atomic mass is 10.0. The molecule has 0 bridgehead atoms. The predicted molar refractivity (Wildman–Crippen MR) is 69.0 cm³/mol. The maximum atomic E-state index is 11.6. The van der Waals surface area contributed by atoms with Gasteiger partial charge in [-0.25, -0.2) is 0 Å². The van der Waals surface area contributed by atoms with Crippen molar-refractivity contribution < 1.29 is 9.53 Å². The number of nitrogens with zero attached hydrogens (tertiary/aromatic N) is 1. The van der Waals surface area contributed by atoms with Crippen LogP contribution in [-0.4, -0.2) is 49.2 Å². The average Bonchev–Trinajstić information content (AvgIpc) is 2.35. The molecule has 1 aliphatic rings. The number of rotatable bonds is 6. The molecule has 1 fully saturated rings. The molecule has 100 valence electrons. The Hall–Kier alpha value is -0.610. The van der Waals surface area contributed by atoms with Crippen LogP contribution in [0.25, 0.3) is 0 Å². The van der Waals surface area contributed by atoms with E-state index in [4.69, 9.17) is 4.74 Å². The van der Waals surface area contributed by atoms with Gasteiger partial charge in [0.15, 0.2) is 0 Å². The molecule has 0 unspecified atom stereocenters. The van der Waals surface area contributed by atoms with E-state index >= 15 is 0 Å². The van der Waals surface area contributed by atoms with Crippen molar-refractivity contribution in [1.82, 2.24) is 10.2 Å². The molecule has 0 saturated carbocycles. The number of carbonyl (C=O) groups is 1. The summed E-state index contributed by atoms with van der Waals surface area (Å²) in [5.41, 5.74) is 0.0195. The fourth-order valence-electron chi connectivity index (χ4n) is 2.02. The molecule has 0 aromatic rings. The van der Waals surface area contributed by atoms with Gasteiger partial charge in [-0.05, 0) is 20.3 Å². The van der Waals surface area contributed by atoms with Crippen LogP contribution in [0.3, 0.4) is 0 Å². The summed E-state index contributed by atoms with van der Waals surface area (Å²) in [4.78, 5) is 14.0. The minimum absolute atomic E-state index is 0.0195. The fraction of sp³-hybridized carbons (Fsp3) is 0.923. The van der Waals surface area contributed by atoms with E-state index in [0.717, 1.165) is 45.7 Å². The summed E-state index contributed by atoms with van der Waals surface area (Å²) in [5.74, 6) is 0.174. The summed E-state index contributed by atoms with van der Waals surface area (Å²) >= 11 is 0. The zero-order valence-electron chi connectivity index (χ0n) is 11.4. The van der Waals surface area contributed by atoms with Gasteiger partial charge in [0.1, 0.15) is 0 Å². The second-order valence-corrected chi connectivity index (χ2v) is 5.29. The van der Waals surface area contributed by atoms with Crippen molar-refractivity contribution in [2.75, 3.05) is 32.8 Å². The van der Waals surface area contributed by atoms with Crippen molar-refractivity contribution in [2.24, 2.45) is 0 Å². The molecule has 1 heterocycles. The predicted octanol–water partition coefficient (Wildman–Crippen LogP) is 1.40. The zero-order chi connectivity index (χ0) is 12.7. The Bertz CT molecular complexity index is 236. The lowest BCUT2D eigenvalue weighted by molar-refractivity contribution is -0.122. The standard InChI is InChI=1S/C13H26N2O2/c1-4-5-6-12(16)14-11-13(2,3)15-7-9-17-10-8-15/h4-11H2,1-3H3,(H,14,16). The maximum absolute atomic E-state index is 11.6. The highest BCUT2D eigenvalue weighted by Gasteiger charge is 2.28. The second-order valence-electron chi connectivity index (χ2n) is 5.29. The minimum atomic E-state index is 0.0195. The first-order valence-electron chi connectivity index (χ1n) is 6.66. The molecule has 1 rings (SSSR count). The number of carbonyl (C=O) groups excluding carboxylic acids is 1. The van der Waals surface area contributed by atoms with Crippen LogP contribution in [0.2, 0.25) is 0 Å². The Morgan fingerprint density at radius 1 is 1.35 bits per heavy atom. The average molecular weight is 242 g/mol. The van der Waals surface area contributed by atoms with E-state index in [-0.39, 0.29) is 11.4 Å². The molecular formula is C13H26N2O2. The van der Waals surface area contributed by atoms with Gasteiger partial charge in [-0.1, -0.05) is 13.3 Å². The van der Waals surface area contributed by atoms with Crippen molar-refractivity contribution in [1.29, 1.82) is 0 Å². The number of unbranched alkanes of at least 4 members (excludes halogenated alkanes) is 1. The zero-order valence-corrected chi connectivity index (χ0v) is 11.4. The van der Waals surface area contributed by atoms with E-state index < -0.39 is 0 Å². The Labute approximate surface area is 105 Å². The molecule has 0 spiro atoms. The lowest BCUT2D eigenvalue weighted by Gasteiger charge is -2.40. The van der Waals surface area contributed by atoms with E-state index in [1.807, 2.05) is 0 Å². The lowest BCUT2D eigenvalue weighted by Crippen LogP contribution is -2.55. The topological polar surface area (TPSA) is 41.6 Å². The van der Waals surface area contributed by atoms with Crippen LogP contribution in [0.15, 0.2) is 0 Å². The summed E-state index contributed by atoms with van der Waals surface area (Å²) in [5, 5.41) is 3.03. The van der Waals surface area contributed by atoms with E-state index in [9.17, 15) is 4.79 Å². The maximum Gasteiger partial charge on any atom is 0.220 e. The van der Waals surface area contributed by atoms with Crippen molar-refractivity contribution >= 4 is 5.91 Å². The van der Waals surface area contributed by atoms with Crippen LogP contribution >= 0.6 is 0 Å². The van der Waals surface area contributed by atoms with Crippen LogP contribution in [0, 0.1) is 0 Å². The Balaban J connectivity index is 2.29. The highest BCUT2D eigenvalue weighted by atomic mass is 16.5. The SMILES string of the molecule is CCCCC(=O)NCC(C)(C)N1CCOCC1. The second kappa shape index (κ2) is 6.97. The molecule has 1 aliphatic heterocycles. The molecule has 0 radical (unpaired) electrons. The van der Waals surface area contributed by atoms with Crippen molar-refractivity contribution in [3.8, 4) is 0 Å². The minimum Gasteiger partial charge on any atom is -0.379 e. The number of ether oxygens (including phenoxy) is 1. The Morgan fingerprint density at radius 3 is 2.59 bits per heavy atom. The molecule has 0 atom stereocenters. The number of nitrogens with one attached hydrogen (secondary N) is 1. The summed E-state index contributed by atoms with van der Waals surface area (Å²) in [6.45, 7) is 10.7. The van der Waals surface area contributed by atoms with Crippen molar-refractivity contribution in [3.63, 3.8) is 0 Å². The molecule has 17 heavy (non-hydrogen) atoms. The first-order chi connectivity index (χ1) is 8.06. The molecule has 0 aromatic heterocycles. The van der Waals surface area contributed by atoms with Crippen LogP contribution in [0.4, 0.5) is 0 Å². The first kappa shape index (κ1) is 14.5. The molecule has 0 aromatic carbocycles. The largest absolute Gasteiger partial charge is 0.379 e. The Kier molecular flexibility index (Phi) is 5.92. The number of morpholine rings is 1. The third-order valence-corrected chi connectivity index (χ3v) is 3.34. The van der Waals surface area contributed by atoms with Gasteiger partial charge in [0.2, 0.25) is 5.91 Å². The highest BCUT2D eigenvalue weighted by Crippen LogP contribution is 2.15. The molecule has 4 heteroatoms. The molecule has 0 aliphatic carbocycles. The van der Waals surface area contributed by atoms with Crippen LogP contribution in [0.5, 0.6) is 0 Å². The van der Waals surface area contributed by atoms with Gasteiger partial charge in [0.25, 0.3) is 0 Å². The van der Waals surface area contributed by atoms with Gasteiger partial charge in [0, 0.05) is 31.6 Å². The van der Waals surface area contributed by atoms with Crippen LogP contribution in [0.1, 0.15) is 40.0 Å². The monoisotopic (exact) mass is 242 g/mol. The number of hydrogen-bond acceptors (Lipinski definition) is 3. The van der Waals surface area contributed by atoms with E-state index in [2.05, 4.69) is 31.0 Å². The normalized spacial score (nSPS) is 18.1. The third kappa shape index (κ3) is 5.04. The summed E-state index contributed by atoms with van der Waals surface area (Å²) in [6.07, 6.45) is 2.69. The Morgan fingerprint density at radius 2 is 2.00 bits per heavy atom. The van der Waals surface area contributed by atoms with Gasteiger partial charge in [-0.2, -0.15) is 0 Å². The third-order valence-electron chi connectivity index (χ3n) is 3.34. The summed E-state index contributed by atoms with van der Waals surface area (Å²) in [6, 6.07) is 0. The van der Waals surface area contributed by atoms with Crippen LogP contribution < -0.4 is 5.32 Å².